The van der Waals surface area contributed by atoms with Gasteiger partial charge in [0.05, 0.1) is 24.4 Å². The van der Waals surface area contributed by atoms with E-state index in [-0.39, 0.29) is 6.54 Å². The summed E-state index contributed by atoms with van der Waals surface area (Å²) in [6, 6.07) is 0. The minimum Gasteiger partial charge on any atom is -0.370 e. The molecule has 0 fully saturated rings. The van der Waals surface area contributed by atoms with E-state index in [0.717, 1.165) is 10.9 Å². The summed E-state index contributed by atoms with van der Waals surface area (Å²) in [4.78, 5) is 8.67. The fourth-order valence-electron chi connectivity index (χ4n) is 1.15. The zero-order valence-corrected chi connectivity index (χ0v) is 11.1. The Morgan fingerprint density at radius 1 is 1.50 bits per heavy atom. The van der Waals surface area contributed by atoms with Crippen LogP contribution in [-0.4, -0.2) is 42.5 Å². The summed E-state index contributed by atoms with van der Waals surface area (Å²) < 4.78 is 62.5. The average molecular weight is 338 g/mol. The fraction of sp³-hybridized carbons (Fsp3) is 0.571. The predicted octanol–water partition coefficient (Wildman–Crippen LogP) is 1.30. The van der Waals surface area contributed by atoms with Crippen molar-refractivity contribution in [2.45, 2.75) is 17.6 Å². The molecular formula is C7H7ClF3N3O5S. The smallest absolute Gasteiger partial charge is 0.370 e. The number of alkyl halides is 3. The van der Waals surface area contributed by atoms with Crippen LogP contribution in [0.3, 0.4) is 0 Å². The van der Waals surface area contributed by atoms with Gasteiger partial charge in [0.1, 0.15) is 6.61 Å². The second kappa shape index (κ2) is 5.93. The van der Waals surface area contributed by atoms with E-state index in [1.807, 2.05) is 0 Å². The number of halogens is 4. The molecule has 0 bridgehead atoms. The molecule has 20 heavy (non-hydrogen) atoms. The van der Waals surface area contributed by atoms with Gasteiger partial charge in [-0.05, 0) is 4.92 Å². The third-order valence-electron chi connectivity index (χ3n) is 1.88. The maximum absolute atomic E-state index is 11.8. The number of aromatic nitrogens is 2. The van der Waals surface area contributed by atoms with Gasteiger partial charge in [0.15, 0.2) is 0 Å². The number of hydrogen-bond donors (Lipinski definition) is 0. The van der Waals surface area contributed by atoms with Gasteiger partial charge < -0.3 is 14.9 Å². The summed E-state index contributed by atoms with van der Waals surface area (Å²) in [5.41, 5.74) is 0. The second-order valence-corrected chi connectivity index (χ2v) is 5.98. The molecule has 0 unspecified atom stereocenters. The van der Waals surface area contributed by atoms with Gasteiger partial charge in [-0.1, -0.05) is 0 Å². The lowest BCUT2D eigenvalue weighted by atomic mass is 10.6. The summed E-state index contributed by atoms with van der Waals surface area (Å²) in [5.74, 6) is -1.00. The second-order valence-electron chi connectivity index (χ2n) is 3.44. The van der Waals surface area contributed by atoms with Crippen LogP contribution in [0.1, 0.15) is 0 Å². The topological polar surface area (TPSA) is 104 Å². The van der Waals surface area contributed by atoms with Gasteiger partial charge in [-0.3, -0.25) is 0 Å². The molecule has 0 aliphatic rings. The Labute approximate surface area is 114 Å². The Hall–Kier alpha value is -1.40. The molecule has 8 nitrogen and oxygen atoms in total. The van der Waals surface area contributed by atoms with E-state index in [4.69, 9.17) is 10.7 Å². The van der Waals surface area contributed by atoms with Crippen molar-refractivity contribution < 1.29 is 31.2 Å². The van der Waals surface area contributed by atoms with E-state index < -0.39 is 44.1 Å². The number of nitro groups is 1. The van der Waals surface area contributed by atoms with Gasteiger partial charge in [-0.25, -0.2) is 8.42 Å². The minimum atomic E-state index is -4.50. The van der Waals surface area contributed by atoms with E-state index in [1.54, 1.807) is 0 Å². The van der Waals surface area contributed by atoms with Crippen LogP contribution < -0.4 is 0 Å². The van der Waals surface area contributed by atoms with Crippen molar-refractivity contribution in [2.24, 2.45) is 0 Å². The number of ether oxygens (including phenoxy) is 1. The van der Waals surface area contributed by atoms with Gasteiger partial charge in [0.2, 0.25) is 4.90 Å². The van der Waals surface area contributed by atoms with Crippen LogP contribution in [-0.2, 0) is 20.3 Å². The molecule has 1 aromatic heterocycles. The van der Waals surface area contributed by atoms with Crippen LogP contribution in [0.15, 0.2) is 11.1 Å². The molecule has 1 rings (SSSR count). The molecule has 0 aliphatic heterocycles. The van der Waals surface area contributed by atoms with Crippen LogP contribution in [0.4, 0.5) is 19.0 Å². The first-order valence-electron chi connectivity index (χ1n) is 4.82. The molecule has 0 radical (unpaired) electrons. The zero-order valence-electron chi connectivity index (χ0n) is 9.50. The van der Waals surface area contributed by atoms with Crippen LogP contribution in [0.25, 0.3) is 0 Å². The summed E-state index contributed by atoms with van der Waals surface area (Å²) >= 11 is 0. The third kappa shape index (κ3) is 4.94. The van der Waals surface area contributed by atoms with Crippen molar-refractivity contribution in [1.29, 1.82) is 0 Å². The standard InChI is InChI=1S/C7H7ClF3N3O5S/c8-20(17,18)5-3-13(12-6(5)14(15)16)1-2-19-4-7(9,10)11/h3H,1-2,4H2. The van der Waals surface area contributed by atoms with Crippen molar-refractivity contribution in [3.63, 3.8) is 0 Å². The van der Waals surface area contributed by atoms with E-state index in [2.05, 4.69) is 9.84 Å². The number of hydrogen-bond acceptors (Lipinski definition) is 6. The van der Waals surface area contributed by atoms with E-state index >= 15 is 0 Å². The molecule has 13 heteroatoms. The normalized spacial score (nSPS) is 12.6. The molecule has 0 atom stereocenters. The molecule has 1 aromatic rings. The Morgan fingerprint density at radius 2 is 2.10 bits per heavy atom. The van der Waals surface area contributed by atoms with Crippen LogP contribution in [0, 0.1) is 10.1 Å². The van der Waals surface area contributed by atoms with Crippen molar-refractivity contribution in [3.8, 4) is 0 Å². The maximum Gasteiger partial charge on any atom is 0.411 e. The Morgan fingerprint density at radius 3 is 2.50 bits per heavy atom. The lowest BCUT2D eigenvalue weighted by molar-refractivity contribution is -0.392. The quantitative estimate of drug-likeness (QED) is 0.335. The van der Waals surface area contributed by atoms with Crippen molar-refractivity contribution in [3.05, 3.63) is 16.3 Å². The summed E-state index contributed by atoms with van der Waals surface area (Å²) in [6.07, 6.45) is -3.75. The first-order chi connectivity index (χ1) is 9.00. The Bertz CT molecular complexity index is 599. The summed E-state index contributed by atoms with van der Waals surface area (Å²) in [7, 11) is 0.592. The van der Waals surface area contributed by atoms with Gasteiger partial charge >= 0.3 is 12.0 Å². The minimum absolute atomic E-state index is 0.302. The van der Waals surface area contributed by atoms with Gasteiger partial charge in [0.25, 0.3) is 9.05 Å². The highest BCUT2D eigenvalue weighted by Crippen LogP contribution is 2.24. The highest BCUT2D eigenvalue weighted by molar-refractivity contribution is 8.13. The molecule has 114 valence electrons. The highest BCUT2D eigenvalue weighted by Gasteiger charge is 2.30. The third-order valence-corrected chi connectivity index (χ3v) is 3.19. The SMILES string of the molecule is O=[N+]([O-])c1nn(CCOCC(F)(F)F)cc1S(=O)(=O)Cl. The van der Waals surface area contributed by atoms with Crippen molar-refractivity contribution in [2.75, 3.05) is 13.2 Å². The number of rotatable bonds is 6. The first kappa shape index (κ1) is 16.7. The zero-order chi connectivity index (χ0) is 15.6. The van der Waals surface area contributed by atoms with Gasteiger partial charge in [-0.15, -0.1) is 0 Å². The Kier molecular flexibility index (Phi) is 4.94. The van der Waals surface area contributed by atoms with E-state index in [0.29, 0.717) is 0 Å². The average Bonchev–Trinajstić information content (AvgIpc) is 2.67. The Balaban J connectivity index is 2.76. The molecule has 0 aliphatic carbocycles. The predicted molar refractivity (Wildman–Crippen MR) is 58.8 cm³/mol. The van der Waals surface area contributed by atoms with Gasteiger partial charge in [-0.2, -0.15) is 17.9 Å². The molecule has 0 N–H and O–H groups in total. The molecule has 0 saturated carbocycles. The molecule has 1 heterocycles. The van der Waals surface area contributed by atoms with Crippen LogP contribution >= 0.6 is 10.7 Å². The van der Waals surface area contributed by atoms with Crippen LogP contribution in [0.2, 0.25) is 0 Å². The molecular weight excluding hydrogens is 331 g/mol. The highest BCUT2D eigenvalue weighted by atomic mass is 35.7. The fourth-order valence-corrected chi connectivity index (χ4v) is 2.06. The van der Waals surface area contributed by atoms with Crippen LogP contribution in [0.5, 0.6) is 0 Å². The number of nitrogens with zero attached hydrogens (tertiary/aromatic N) is 3. The largest absolute Gasteiger partial charge is 0.411 e. The van der Waals surface area contributed by atoms with Crippen molar-refractivity contribution in [1.82, 2.24) is 9.78 Å². The summed E-state index contributed by atoms with van der Waals surface area (Å²) in [6.45, 7) is -2.25. The van der Waals surface area contributed by atoms with Gasteiger partial charge in [0, 0.05) is 10.7 Å². The molecule has 0 aromatic carbocycles. The van der Waals surface area contributed by atoms with E-state index in [1.165, 1.54) is 0 Å². The summed E-state index contributed by atoms with van der Waals surface area (Å²) in [5, 5.41) is 13.9. The molecule has 0 saturated heterocycles. The molecule has 0 amide bonds. The first-order valence-corrected chi connectivity index (χ1v) is 7.12. The lowest BCUT2D eigenvalue weighted by Gasteiger charge is -2.06. The van der Waals surface area contributed by atoms with Crippen molar-refractivity contribution >= 4 is 25.6 Å². The monoisotopic (exact) mass is 337 g/mol. The van der Waals surface area contributed by atoms with E-state index in [9.17, 15) is 31.7 Å². The molecule has 0 spiro atoms. The maximum atomic E-state index is 11.8. The lowest BCUT2D eigenvalue weighted by Crippen LogP contribution is -2.19.